The minimum Gasteiger partial charge on any atom is -0.383 e. The Labute approximate surface area is 101 Å². The van der Waals surface area contributed by atoms with Crippen molar-refractivity contribution in [1.29, 1.82) is 0 Å². The molecular formula is C12H19BrN2. The predicted octanol–water partition coefficient (Wildman–Crippen LogP) is 4.00. The van der Waals surface area contributed by atoms with Gasteiger partial charge >= 0.3 is 0 Å². The van der Waals surface area contributed by atoms with Crippen molar-refractivity contribution in [2.75, 3.05) is 11.9 Å². The maximum atomic E-state index is 4.36. The van der Waals surface area contributed by atoms with Crippen molar-refractivity contribution in [3.05, 3.63) is 22.4 Å². The van der Waals surface area contributed by atoms with E-state index in [-0.39, 0.29) is 0 Å². The van der Waals surface area contributed by atoms with Crippen LogP contribution in [-0.4, -0.2) is 11.5 Å². The molecular weight excluding hydrogens is 252 g/mol. The molecule has 1 aromatic rings. The van der Waals surface area contributed by atoms with Gasteiger partial charge in [-0.15, -0.1) is 0 Å². The number of nitrogens with one attached hydrogen (secondary N) is 1. The van der Waals surface area contributed by atoms with Gasteiger partial charge in [-0.2, -0.15) is 0 Å². The third kappa shape index (κ3) is 3.82. The highest BCUT2D eigenvalue weighted by Gasteiger charge is 2.04. The number of hydrogen-bond donors (Lipinski definition) is 1. The molecule has 1 rings (SSSR count). The van der Waals surface area contributed by atoms with Crippen LogP contribution in [0, 0.1) is 12.8 Å². The summed E-state index contributed by atoms with van der Waals surface area (Å²) in [5, 5.41) is 3.46. The second-order valence-electron chi connectivity index (χ2n) is 3.83. The molecule has 15 heavy (non-hydrogen) atoms. The molecule has 1 heterocycles. The zero-order chi connectivity index (χ0) is 11.3. The van der Waals surface area contributed by atoms with Gasteiger partial charge in [0.05, 0.1) is 11.4 Å². The molecule has 0 unspecified atom stereocenters. The van der Waals surface area contributed by atoms with Gasteiger partial charge in [0.15, 0.2) is 0 Å². The van der Waals surface area contributed by atoms with Crippen LogP contribution >= 0.6 is 15.9 Å². The van der Waals surface area contributed by atoms with Crippen molar-refractivity contribution in [2.24, 2.45) is 5.92 Å². The molecule has 0 radical (unpaired) electrons. The fourth-order valence-electron chi connectivity index (χ4n) is 1.55. The average Bonchev–Trinajstić information content (AvgIpc) is 2.22. The fourth-order valence-corrected chi connectivity index (χ4v) is 1.95. The summed E-state index contributed by atoms with van der Waals surface area (Å²) in [5.74, 6) is 0.757. The number of anilines is 1. The Balaban J connectivity index is 2.57. The molecule has 0 spiro atoms. The highest BCUT2D eigenvalue weighted by atomic mass is 79.9. The SMILES string of the molecule is CCC(CC)CNc1ccc(Br)nc1C. The van der Waals surface area contributed by atoms with E-state index in [1.54, 1.807) is 0 Å². The highest BCUT2D eigenvalue weighted by Crippen LogP contribution is 2.17. The van der Waals surface area contributed by atoms with Crippen molar-refractivity contribution in [3.8, 4) is 0 Å². The Bertz CT molecular complexity index is 308. The molecule has 1 aromatic heterocycles. The average molecular weight is 271 g/mol. The van der Waals surface area contributed by atoms with Crippen molar-refractivity contribution in [1.82, 2.24) is 4.98 Å². The lowest BCUT2D eigenvalue weighted by Crippen LogP contribution is -2.13. The lowest BCUT2D eigenvalue weighted by Gasteiger charge is -2.15. The van der Waals surface area contributed by atoms with Crippen molar-refractivity contribution in [3.63, 3.8) is 0 Å². The molecule has 2 nitrogen and oxygen atoms in total. The van der Waals surface area contributed by atoms with Crippen LogP contribution in [0.1, 0.15) is 32.4 Å². The van der Waals surface area contributed by atoms with E-state index in [1.807, 2.05) is 13.0 Å². The molecule has 0 saturated heterocycles. The molecule has 1 N–H and O–H groups in total. The summed E-state index contributed by atoms with van der Waals surface area (Å²) in [7, 11) is 0. The quantitative estimate of drug-likeness (QED) is 0.819. The Morgan fingerprint density at radius 3 is 2.53 bits per heavy atom. The van der Waals surface area contributed by atoms with E-state index in [2.05, 4.69) is 46.1 Å². The molecule has 0 amide bonds. The van der Waals surface area contributed by atoms with Gasteiger partial charge in [-0.1, -0.05) is 26.7 Å². The number of aromatic nitrogens is 1. The van der Waals surface area contributed by atoms with Gasteiger partial charge in [0.25, 0.3) is 0 Å². The predicted molar refractivity (Wildman–Crippen MR) is 69.2 cm³/mol. The van der Waals surface area contributed by atoms with E-state index in [9.17, 15) is 0 Å². The smallest absolute Gasteiger partial charge is 0.106 e. The molecule has 0 aromatic carbocycles. The molecule has 0 saturated carbocycles. The van der Waals surface area contributed by atoms with Crippen molar-refractivity contribution >= 4 is 21.6 Å². The van der Waals surface area contributed by atoms with Crippen LogP contribution in [0.3, 0.4) is 0 Å². The third-order valence-corrected chi connectivity index (χ3v) is 3.23. The standard InChI is InChI=1S/C12H19BrN2/c1-4-10(5-2)8-14-11-6-7-12(13)15-9(11)3/h6-7,10,14H,4-5,8H2,1-3H3. The molecule has 0 aliphatic heterocycles. The summed E-state index contributed by atoms with van der Waals surface area (Å²) in [6, 6.07) is 4.05. The maximum Gasteiger partial charge on any atom is 0.106 e. The normalized spacial score (nSPS) is 10.7. The minimum atomic E-state index is 0.757. The number of rotatable bonds is 5. The molecule has 0 aliphatic carbocycles. The molecule has 0 atom stereocenters. The fraction of sp³-hybridized carbons (Fsp3) is 0.583. The second kappa shape index (κ2) is 6.11. The van der Waals surface area contributed by atoms with E-state index in [0.29, 0.717) is 0 Å². The Hall–Kier alpha value is -0.570. The van der Waals surface area contributed by atoms with Crippen LogP contribution < -0.4 is 5.32 Å². The van der Waals surface area contributed by atoms with Crippen LogP contribution in [0.15, 0.2) is 16.7 Å². The van der Waals surface area contributed by atoms with Crippen LogP contribution in [-0.2, 0) is 0 Å². The van der Waals surface area contributed by atoms with Crippen LogP contribution in [0.2, 0.25) is 0 Å². The van der Waals surface area contributed by atoms with E-state index in [0.717, 1.165) is 28.4 Å². The van der Waals surface area contributed by atoms with Gasteiger partial charge < -0.3 is 5.32 Å². The highest BCUT2D eigenvalue weighted by molar-refractivity contribution is 9.10. The zero-order valence-electron chi connectivity index (χ0n) is 9.68. The summed E-state index contributed by atoms with van der Waals surface area (Å²) in [4.78, 5) is 4.36. The Morgan fingerprint density at radius 1 is 1.33 bits per heavy atom. The lowest BCUT2D eigenvalue weighted by molar-refractivity contribution is 0.519. The largest absolute Gasteiger partial charge is 0.383 e. The Kier molecular flexibility index (Phi) is 5.09. The number of halogens is 1. The summed E-state index contributed by atoms with van der Waals surface area (Å²) in [5.41, 5.74) is 2.19. The first kappa shape index (κ1) is 12.5. The molecule has 3 heteroatoms. The lowest BCUT2D eigenvalue weighted by atomic mass is 10.0. The molecule has 0 fully saturated rings. The molecule has 84 valence electrons. The Morgan fingerprint density at radius 2 is 2.00 bits per heavy atom. The van der Waals surface area contributed by atoms with Gasteiger partial charge in [-0.3, -0.25) is 0 Å². The zero-order valence-corrected chi connectivity index (χ0v) is 11.3. The first-order chi connectivity index (χ1) is 7.17. The first-order valence-corrected chi connectivity index (χ1v) is 6.33. The number of hydrogen-bond acceptors (Lipinski definition) is 2. The summed E-state index contributed by atoms with van der Waals surface area (Å²) < 4.78 is 0.896. The minimum absolute atomic E-state index is 0.757. The van der Waals surface area contributed by atoms with Crippen molar-refractivity contribution < 1.29 is 0 Å². The monoisotopic (exact) mass is 270 g/mol. The van der Waals surface area contributed by atoms with Crippen LogP contribution in [0.4, 0.5) is 5.69 Å². The van der Waals surface area contributed by atoms with Crippen LogP contribution in [0.5, 0.6) is 0 Å². The summed E-state index contributed by atoms with van der Waals surface area (Å²) >= 11 is 3.36. The van der Waals surface area contributed by atoms with Crippen molar-refractivity contribution in [2.45, 2.75) is 33.6 Å². The van der Waals surface area contributed by atoms with Crippen LogP contribution in [0.25, 0.3) is 0 Å². The van der Waals surface area contributed by atoms with Gasteiger partial charge in [-0.05, 0) is 40.9 Å². The van der Waals surface area contributed by atoms with E-state index in [4.69, 9.17) is 0 Å². The van der Waals surface area contributed by atoms with Gasteiger partial charge in [0.1, 0.15) is 4.60 Å². The molecule has 0 aliphatic rings. The van der Waals surface area contributed by atoms with E-state index < -0.39 is 0 Å². The summed E-state index contributed by atoms with van der Waals surface area (Å²) in [6.07, 6.45) is 2.46. The summed E-state index contributed by atoms with van der Waals surface area (Å²) in [6.45, 7) is 7.54. The molecule has 0 bridgehead atoms. The number of nitrogens with zero attached hydrogens (tertiary/aromatic N) is 1. The van der Waals surface area contributed by atoms with E-state index in [1.165, 1.54) is 12.8 Å². The first-order valence-electron chi connectivity index (χ1n) is 5.54. The number of pyridine rings is 1. The topological polar surface area (TPSA) is 24.9 Å². The van der Waals surface area contributed by atoms with Gasteiger partial charge in [0, 0.05) is 6.54 Å². The van der Waals surface area contributed by atoms with Gasteiger partial charge in [0.2, 0.25) is 0 Å². The third-order valence-electron chi connectivity index (χ3n) is 2.79. The number of aryl methyl sites for hydroxylation is 1. The van der Waals surface area contributed by atoms with E-state index >= 15 is 0 Å². The maximum absolute atomic E-state index is 4.36. The van der Waals surface area contributed by atoms with Gasteiger partial charge in [-0.25, -0.2) is 4.98 Å². The second-order valence-corrected chi connectivity index (χ2v) is 4.64.